The molecule has 0 unspecified atom stereocenters. The highest BCUT2D eigenvalue weighted by Gasteiger charge is 2.21. The van der Waals surface area contributed by atoms with Crippen LogP contribution in [0.1, 0.15) is 35.3 Å². The number of hydrogen-bond acceptors (Lipinski definition) is 4. The number of amides is 1. The lowest BCUT2D eigenvalue weighted by atomic mass is 10.1. The van der Waals surface area contributed by atoms with Crippen molar-refractivity contribution >= 4 is 21.6 Å². The molecule has 168 valence electrons. The van der Waals surface area contributed by atoms with Gasteiger partial charge in [0.15, 0.2) is 0 Å². The van der Waals surface area contributed by atoms with Gasteiger partial charge in [0.2, 0.25) is 0 Å². The first-order valence-electron chi connectivity index (χ1n) is 10.4. The molecule has 0 saturated heterocycles. The Balaban J connectivity index is 1.66. The van der Waals surface area contributed by atoms with Crippen LogP contribution < -0.4 is 14.4 Å². The summed E-state index contributed by atoms with van der Waals surface area (Å²) in [6.07, 6.45) is 0.0753. The fourth-order valence-corrected chi connectivity index (χ4v) is 4.31. The van der Waals surface area contributed by atoms with E-state index in [2.05, 4.69) is 5.32 Å². The molecule has 0 aliphatic heterocycles. The van der Waals surface area contributed by atoms with Gasteiger partial charge in [0.05, 0.1) is 16.7 Å². The number of ether oxygens (including phenoxy) is 1. The van der Waals surface area contributed by atoms with E-state index in [1.807, 2.05) is 45.0 Å². The first kappa shape index (κ1) is 23.3. The van der Waals surface area contributed by atoms with Gasteiger partial charge < -0.3 is 10.1 Å². The van der Waals surface area contributed by atoms with Crippen molar-refractivity contribution in [2.75, 3.05) is 11.4 Å². The molecule has 0 radical (unpaired) electrons. The Morgan fingerprint density at radius 1 is 1.00 bits per heavy atom. The predicted octanol–water partition coefficient (Wildman–Crippen LogP) is 4.54. The number of carbonyl (C=O) groups excluding carboxylic acids is 1. The molecule has 1 amide bonds. The zero-order valence-electron chi connectivity index (χ0n) is 18.7. The number of nitrogens with one attached hydrogen (secondary N) is 1. The molecule has 6 nitrogen and oxygen atoms in total. The summed E-state index contributed by atoms with van der Waals surface area (Å²) < 4.78 is 32.6. The standard InChI is InChI=1S/C25H28N2O4S/c1-18(2)31-23-7-5-6-20(16-23)17-26-25(28)21-10-12-22(13-11-21)27(4)32(29,30)24-14-8-19(3)9-15-24/h5-16,18H,17H2,1-4H3,(H,26,28). The Labute approximate surface area is 189 Å². The van der Waals surface area contributed by atoms with Crippen LogP contribution in [0.3, 0.4) is 0 Å². The van der Waals surface area contributed by atoms with Crippen molar-refractivity contribution in [2.45, 2.75) is 38.3 Å². The van der Waals surface area contributed by atoms with Crippen LogP contribution in [0.2, 0.25) is 0 Å². The number of nitrogens with zero attached hydrogens (tertiary/aromatic N) is 1. The van der Waals surface area contributed by atoms with Crippen molar-refractivity contribution in [1.29, 1.82) is 0 Å². The van der Waals surface area contributed by atoms with Crippen LogP contribution in [-0.4, -0.2) is 27.5 Å². The van der Waals surface area contributed by atoms with E-state index in [-0.39, 0.29) is 16.9 Å². The minimum absolute atomic E-state index is 0.0753. The van der Waals surface area contributed by atoms with E-state index in [9.17, 15) is 13.2 Å². The van der Waals surface area contributed by atoms with Crippen molar-refractivity contribution < 1.29 is 17.9 Å². The van der Waals surface area contributed by atoms with E-state index >= 15 is 0 Å². The quantitative estimate of drug-likeness (QED) is 0.545. The third-order valence-electron chi connectivity index (χ3n) is 4.90. The molecule has 0 aromatic heterocycles. The van der Waals surface area contributed by atoms with Gasteiger partial charge in [-0.25, -0.2) is 8.42 Å². The molecule has 3 rings (SSSR count). The molecule has 0 heterocycles. The summed E-state index contributed by atoms with van der Waals surface area (Å²) in [6, 6.07) is 20.8. The second kappa shape index (κ2) is 9.87. The van der Waals surface area contributed by atoms with Gasteiger partial charge in [-0.2, -0.15) is 0 Å². The highest BCUT2D eigenvalue weighted by molar-refractivity contribution is 7.92. The van der Waals surface area contributed by atoms with Crippen LogP contribution in [0.25, 0.3) is 0 Å². The molecule has 0 aliphatic carbocycles. The van der Waals surface area contributed by atoms with E-state index in [0.717, 1.165) is 16.9 Å². The van der Waals surface area contributed by atoms with Crippen LogP contribution in [0.4, 0.5) is 5.69 Å². The molecular weight excluding hydrogens is 424 g/mol. The summed E-state index contributed by atoms with van der Waals surface area (Å²) in [4.78, 5) is 12.8. The van der Waals surface area contributed by atoms with Crippen LogP contribution in [0.15, 0.2) is 77.7 Å². The van der Waals surface area contributed by atoms with Crippen molar-refractivity contribution in [2.24, 2.45) is 0 Å². The maximum atomic E-state index is 12.9. The smallest absolute Gasteiger partial charge is 0.264 e. The van der Waals surface area contributed by atoms with E-state index in [4.69, 9.17) is 4.74 Å². The highest BCUT2D eigenvalue weighted by atomic mass is 32.2. The van der Waals surface area contributed by atoms with Crippen LogP contribution in [-0.2, 0) is 16.6 Å². The van der Waals surface area contributed by atoms with Crippen molar-refractivity contribution in [3.05, 3.63) is 89.5 Å². The predicted molar refractivity (Wildman–Crippen MR) is 127 cm³/mol. The van der Waals surface area contributed by atoms with Gasteiger partial charge in [-0.3, -0.25) is 9.10 Å². The molecule has 7 heteroatoms. The van der Waals surface area contributed by atoms with E-state index in [0.29, 0.717) is 17.8 Å². The third kappa shape index (κ3) is 5.68. The van der Waals surface area contributed by atoms with Gasteiger partial charge >= 0.3 is 0 Å². The lowest BCUT2D eigenvalue weighted by molar-refractivity contribution is 0.0951. The van der Waals surface area contributed by atoms with E-state index < -0.39 is 10.0 Å². The summed E-state index contributed by atoms with van der Waals surface area (Å²) in [7, 11) is -2.18. The zero-order chi connectivity index (χ0) is 23.3. The Kier molecular flexibility index (Phi) is 7.20. The molecule has 0 saturated carbocycles. The molecule has 0 atom stereocenters. The van der Waals surface area contributed by atoms with Gasteiger partial charge in [-0.1, -0.05) is 29.8 Å². The summed E-state index contributed by atoms with van der Waals surface area (Å²) in [6.45, 7) is 6.18. The van der Waals surface area contributed by atoms with Crippen molar-refractivity contribution in [3.8, 4) is 5.75 Å². The number of carbonyl (C=O) groups is 1. The number of rotatable bonds is 8. The fraction of sp³-hybridized carbons (Fsp3) is 0.240. The van der Waals surface area contributed by atoms with E-state index in [1.54, 1.807) is 48.5 Å². The minimum Gasteiger partial charge on any atom is -0.491 e. The summed E-state index contributed by atoms with van der Waals surface area (Å²) in [5, 5.41) is 2.88. The molecule has 32 heavy (non-hydrogen) atoms. The summed E-state index contributed by atoms with van der Waals surface area (Å²) in [5.74, 6) is 0.518. The normalized spacial score (nSPS) is 11.3. The lowest BCUT2D eigenvalue weighted by Crippen LogP contribution is -2.27. The maximum Gasteiger partial charge on any atom is 0.264 e. The summed E-state index contributed by atoms with van der Waals surface area (Å²) >= 11 is 0. The summed E-state index contributed by atoms with van der Waals surface area (Å²) in [5.41, 5.74) is 2.84. The van der Waals surface area contributed by atoms with E-state index in [1.165, 1.54) is 11.4 Å². The number of aryl methyl sites for hydroxylation is 1. The van der Waals surface area contributed by atoms with Gasteiger partial charge in [-0.05, 0) is 74.9 Å². The molecular formula is C25H28N2O4S. The average molecular weight is 453 g/mol. The lowest BCUT2D eigenvalue weighted by Gasteiger charge is -2.20. The third-order valence-corrected chi connectivity index (χ3v) is 6.70. The minimum atomic E-state index is -3.68. The molecule has 0 fully saturated rings. The molecule has 0 spiro atoms. The second-order valence-corrected chi connectivity index (χ2v) is 9.80. The second-order valence-electron chi connectivity index (χ2n) is 7.83. The Morgan fingerprint density at radius 3 is 2.28 bits per heavy atom. The van der Waals surface area contributed by atoms with Gasteiger partial charge in [0, 0.05) is 19.2 Å². The SMILES string of the molecule is Cc1ccc(S(=O)(=O)N(C)c2ccc(C(=O)NCc3cccc(OC(C)C)c3)cc2)cc1. The number of sulfonamides is 1. The Hall–Kier alpha value is -3.32. The number of hydrogen-bond donors (Lipinski definition) is 1. The fourth-order valence-electron chi connectivity index (χ4n) is 3.12. The molecule has 0 bridgehead atoms. The monoisotopic (exact) mass is 452 g/mol. The zero-order valence-corrected chi connectivity index (χ0v) is 19.5. The number of anilines is 1. The van der Waals surface area contributed by atoms with Crippen LogP contribution in [0, 0.1) is 6.92 Å². The number of benzene rings is 3. The molecule has 3 aromatic rings. The van der Waals surface area contributed by atoms with Gasteiger partial charge in [0.25, 0.3) is 15.9 Å². The maximum absolute atomic E-state index is 12.9. The molecule has 3 aromatic carbocycles. The molecule has 1 N–H and O–H groups in total. The Morgan fingerprint density at radius 2 is 1.66 bits per heavy atom. The largest absolute Gasteiger partial charge is 0.491 e. The average Bonchev–Trinajstić information content (AvgIpc) is 2.77. The highest BCUT2D eigenvalue weighted by Crippen LogP contribution is 2.23. The first-order valence-corrected chi connectivity index (χ1v) is 11.8. The van der Waals surface area contributed by atoms with Gasteiger partial charge in [0.1, 0.15) is 5.75 Å². The topological polar surface area (TPSA) is 75.7 Å². The van der Waals surface area contributed by atoms with Gasteiger partial charge in [-0.15, -0.1) is 0 Å². The van der Waals surface area contributed by atoms with Crippen molar-refractivity contribution in [3.63, 3.8) is 0 Å². The van der Waals surface area contributed by atoms with Crippen molar-refractivity contribution in [1.82, 2.24) is 5.32 Å². The van der Waals surface area contributed by atoms with Crippen LogP contribution in [0.5, 0.6) is 5.75 Å². The molecule has 0 aliphatic rings. The Bertz CT molecular complexity index is 1170. The first-order chi connectivity index (χ1) is 15.2. The van der Waals surface area contributed by atoms with Crippen LogP contribution >= 0.6 is 0 Å².